The van der Waals surface area contributed by atoms with Crippen molar-refractivity contribution in [3.8, 4) is 0 Å². The Morgan fingerprint density at radius 1 is 1.08 bits per heavy atom. The molecule has 0 aliphatic carbocycles. The monoisotopic (exact) mass is 179 g/mol. The van der Waals surface area contributed by atoms with Gasteiger partial charge in [-0.1, -0.05) is 32.1 Å². The van der Waals surface area contributed by atoms with E-state index < -0.39 is 5.41 Å². The van der Waals surface area contributed by atoms with E-state index in [-0.39, 0.29) is 11.3 Å². The fraction of sp³-hybridized carbons (Fsp3) is 0.545. The summed E-state index contributed by atoms with van der Waals surface area (Å²) in [6.07, 6.45) is 7.75. The van der Waals surface area contributed by atoms with Crippen LogP contribution in [0.5, 0.6) is 0 Å². The standard InChI is InChI=1S/C11H17NO/c1-10(2)5-6-11(3,4)9(13)12-8-7-10/h5-8H,1-4H3,(H,12,13)/b6-5?,8-7-. The van der Waals surface area contributed by atoms with Gasteiger partial charge in [0.25, 0.3) is 0 Å². The summed E-state index contributed by atoms with van der Waals surface area (Å²) in [6, 6.07) is 0. The van der Waals surface area contributed by atoms with E-state index >= 15 is 0 Å². The lowest BCUT2D eigenvalue weighted by Crippen LogP contribution is -2.34. The predicted molar refractivity (Wildman–Crippen MR) is 54.0 cm³/mol. The molecule has 13 heavy (non-hydrogen) atoms. The minimum absolute atomic E-state index is 0.0188. The van der Waals surface area contributed by atoms with Crippen LogP contribution >= 0.6 is 0 Å². The molecule has 0 bridgehead atoms. The van der Waals surface area contributed by atoms with Gasteiger partial charge in [-0.15, -0.1) is 0 Å². The molecule has 2 nitrogen and oxygen atoms in total. The number of hydrogen-bond acceptors (Lipinski definition) is 1. The van der Waals surface area contributed by atoms with E-state index in [0.29, 0.717) is 0 Å². The van der Waals surface area contributed by atoms with Crippen LogP contribution in [0.15, 0.2) is 24.4 Å². The molecule has 0 saturated carbocycles. The van der Waals surface area contributed by atoms with Gasteiger partial charge in [-0.05, 0) is 13.8 Å². The summed E-state index contributed by atoms with van der Waals surface area (Å²) in [5, 5.41) is 2.76. The zero-order chi connectivity index (χ0) is 10.1. The van der Waals surface area contributed by atoms with E-state index in [1.807, 2.05) is 26.0 Å². The minimum Gasteiger partial charge on any atom is -0.332 e. The molecule has 1 aliphatic rings. The first-order chi connectivity index (χ1) is 5.83. The van der Waals surface area contributed by atoms with Crippen LogP contribution in [-0.2, 0) is 4.79 Å². The van der Waals surface area contributed by atoms with Gasteiger partial charge < -0.3 is 5.32 Å². The molecule has 0 fully saturated rings. The molecule has 0 aromatic rings. The van der Waals surface area contributed by atoms with Crippen molar-refractivity contribution in [3.63, 3.8) is 0 Å². The molecule has 0 saturated heterocycles. The van der Waals surface area contributed by atoms with E-state index in [1.54, 1.807) is 6.20 Å². The van der Waals surface area contributed by atoms with Crippen molar-refractivity contribution in [2.45, 2.75) is 27.7 Å². The Morgan fingerprint density at radius 2 is 1.69 bits per heavy atom. The predicted octanol–water partition coefficient (Wildman–Crippen LogP) is 2.24. The van der Waals surface area contributed by atoms with E-state index in [1.165, 1.54) is 0 Å². The van der Waals surface area contributed by atoms with E-state index in [2.05, 4.69) is 25.2 Å². The van der Waals surface area contributed by atoms with Gasteiger partial charge in [-0.25, -0.2) is 0 Å². The molecule has 1 N–H and O–H groups in total. The van der Waals surface area contributed by atoms with Crippen LogP contribution in [0.2, 0.25) is 0 Å². The first-order valence-corrected chi connectivity index (χ1v) is 4.53. The molecule has 0 radical (unpaired) electrons. The highest BCUT2D eigenvalue weighted by Gasteiger charge is 2.26. The zero-order valence-corrected chi connectivity index (χ0v) is 8.72. The second-order valence-electron chi connectivity index (χ2n) is 4.68. The molecule has 1 amide bonds. The summed E-state index contributed by atoms with van der Waals surface area (Å²) < 4.78 is 0. The second-order valence-corrected chi connectivity index (χ2v) is 4.68. The van der Waals surface area contributed by atoms with Gasteiger partial charge in [-0.2, -0.15) is 0 Å². The van der Waals surface area contributed by atoms with Gasteiger partial charge in [0, 0.05) is 11.6 Å². The van der Waals surface area contributed by atoms with Crippen LogP contribution in [-0.4, -0.2) is 5.91 Å². The third-order valence-corrected chi connectivity index (χ3v) is 2.24. The van der Waals surface area contributed by atoms with Gasteiger partial charge in [0.05, 0.1) is 5.41 Å². The van der Waals surface area contributed by atoms with Gasteiger partial charge in [0.15, 0.2) is 0 Å². The highest BCUT2D eigenvalue weighted by atomic mass is 16.2. The van der Waals surface area contributed by atoms with Crippen molar-refractivity contribution in [1.82, 2.24) is 5.32 Å². The summed E-state index contributed by atoms with van der Waals surface area (Å²) in [5.74, 6) is 0.0375. The smallest absolute Gasteiger partial charge is 0.233 e. The lowest BCUT2D eigenvalue weighted by Gasteiger charge is -2.24. The molecule has 0 unspecified atom stereocenters. The topological polar surface area (TPSA) is 29.1 Å². The van der Waals surface area contributed by atoms with Gasteiger partial charge >= 0.3 is 0 Å². The van der Waals surface area contributed by atoms with Gasteiger partial charge in [0.2, 0.25) is 5.91 Å². The maximum Gasteiger partial charge on any atom is 0.233 e. The number of hydrogen-bond donors (Lipinski definition) is 1. The van der Waals surface area contributed by atoms with E-state index in [9.17, 15) is 4.79 Å². The third-order valence-electron chi connectivity index (χ3n) is 2.24. The molecule has 72 valence electrons. The Balaban J connectivity index is 2.98. The molecule has 2 heteroatoms. The molecular formula is C11H17NO. The van der Waals surface area contributed by atoms with Crippen LogP contribution < -0.4 is 5.32 Å². The number of allylic oxidation sites excluding steroid dienone is 2. The maximum atomic E-state index is 11.5. The largest absolute Gasteiger partial charge is 0.332 e. The summed E-state index contributed by atoms with van der Waals surface area (Å²) in [4.78, 5) is 11.5. The fourth-order valence-electron chi connectivity index (χ4n) is 1.07. The van der Waals surface area contributed by atoms with Crippen molar-refractivity contribution in [2.24, 2.45) is 10.8 Å². The van der Waals surface area contributed by atoms with Crippen LogP contribution in [0.3, 0.4) is 0 Å². The van der Waals surface area contributed by atoms with Gasteiger partial charge in [-0.3, -0.25) is 4.79 Å². The molecule has 1 rings (SSSR count). The second kappa shape index (κ2) is 3.02. The van der Waals surface area contributed by atoms with Crippen LogP contribution in [0.25, 0.3) is 0 Å². The normalized spacial score (nSPS) is 27.2. The molecular weight excluding hydrogens is 162 g/mol. The first kappa shape index (κ1) is 10.0. The Bertz CT molecular complexity index is 272. The SMILES string of the molecule is CC1(C)C=CC(C)(C)C(=O)N/C=C\1. The molecule has 0 spiro atoms. The fourth-order valence-corrected chi connectivity index (χ4v) is 1.07. The Morgan fingerprint density at radius 3 is 2.31 bits per heavy atom. The summed E-state index contributed by atoms with van der Waals surface area (Å²) in [7, 11) is 0. The average Bonchev–Trinajstić information content (AvgIpc) is 2.00. The van der Waals surface area contributed by atoms with Crippen molar-refractivity contribution in [3.05, 3.63) is 24.4 Å². The third kappa shape index (κ3) is 2.44. The Labute approximate surface area is 79.7 Å². The van der Waals surface area contributed by atoms with E-state index in [0.717, 1.165) is 0 Å². The summed E-state index contributed by atoms with van der Waals surface area (Å²) in [6.45, 7) is 8.03. The summed E-state index contributed by atoms with van der Waals surface area (Å²) >= 11 is 0. The highest BCUT2D eigenvalue weighted by molar-refractivity contribution is 5.84. The minimum atomic E-state index is -0.415. The van der Waals surface area contributed by atoms with Crippen molar-refractivity contribution in [2.75, 3.05) is 0 Å². The Kier molecular flexibility index (Phi) is 2.33. The van der Waals surface area contributed by atoms with Crippen molar-refractivity contribution < 1.29 is 4.79 Å². The number of rotatable bonds is 0. The van der Waals surface area contributed by atoms with Crippen LogP contribution in [0.4, 0.5) is 0 Å². The molecule has 1 aliphatic heterocycles. The number of amides is 1. The lowest BCUT2D eigenvalue weighted by atomic mass is 9.84. The average molecular weight is 179 g/mol. The van der Waals surface area contributed by atoms with Crippen molar-refractivity contribution in [1.29, 1.82) is 0 Å². The number of carbonyl (C=O) groups excluding carboxylic acids is 1. The van der Waals surface area contributed by atoms with E-state index in [4.69, 9.17) is 0 Å². The molecule has 1 heterocycles. The number of nitrogens with one attached hydrogen (secondary N) is 1. The van der Waals surface area contributed by atoms with Crippen LogP contribution in [0, 0.1) is 10.8 Å². The lowest BCUT2D eigenvalue weighted by molar-refractivity contribution is -0.126. The van der Waals surface area contributed by atoms with Crippen molar-refractivity contribution >= 4 is 5.91 Å². The first-order valence-electron chi connectivity index (χ1n) is 4.53. The van der Waals surface area contributed by atoms with Crippen LogP contribution in [0.1, 0.15) is 27.7 Å². The van der Waals surface area contributed by atoms with Gasteiger partial charge in [0.1, 0.15) is 0 Å². The maximum absolute atomic E-state index is 11.5. The molecule has 0 aromatic carbocycles. The molecule has 0 atom stereocenters. The zero-order valence-electron chi connectivity index (χ0n) is 8.72. The quantitative estimate of drug-likeness (QED) is 0.568. The molecule has 0 aromatic heterocycles. The Hall–Kier alpha value is -1.05. The highest BCUT2D eigenvalue weighted by Crippen LogP contribution is 2.26. The summed E-state index contributed by atoms with van der Waals surface area (Å²) in [5.41, 5.74) is -0.396. The number of carbonyl (C=O) groups is 1.